The average Bonchev–Trinajstić information content (AvgIpc) is 3.01. The molecule has 1 atom stereocenters. The van der Waals surface area contributed by atoms with Gasteiger partial charge in [-0.15, -0.1) is 0 Å². The fourth-order valence-electron chi connectivity index (χ4n) is 3.69. The minimum absolute atomic E-state index is 0.260. The molecule has 3 aromatic carbocycles. The van der Waals surface area contributed by atoms with E-state index in [0.29, 0.717) is 17.9 Å². The summed E-state index contributed by atoms with van der Waals surface area (Å²) in [5.74, 6) is 0.299. The molecule has 0 fully saturated rings. The van der Waals surface area contributed by atoms with Crippen LogP contribution in [0.25, 0.3) is 16.5 Å². The number of anilines is 1. The molecule has 31 heavy (non-hydrogen) atoms. The first kappa shape index (κ1) is 20.5. The average molecular weight is 415 g/mol. The predicted octanol–water partition coefficient (Wildman–Crippen LogP) is 4.43. The standard InChI is InChI=1S/C25H25N3O3/c1-4-21(31-22-16-10-12-18-11-8-9-15-20(18)22)24(29)26-23-17(2)27(3)28(25(23)30)19-13-6-5-7-14-19/h5-16,21H,4H2,1-3H3,(H,26,29)/t21-/m0/s1. The highest BCUT2D eigenvalue weighted by Gasteiger charge is 2.24. The van der Waals surface area contributed by atoms with Crippen molar-refractivity contribution in [3.63, 3.8) is 0 Å². The monoisotopic (exact) mass is 415 g/mol. The van der Waals surface area contributed by atoms with Crippen molar-refractivity contribution in [3.05, 3.63) is 88.8 Å². The third kappa shape index (κ3) is 3.84. The molecule has 0 saturated heterocycles. The van der Waals surface area contributed by atoms with Gasteiger partial charge in [0.15, 0.2) is 6.10 Å². The van der Waals surface area contributed by atoms with Gasteiger partial charge in [0.05, 0.1) is 11.4 Å². The summed E-state index contributed by atoms with van der Waals surface area (Å²) in [6.07, 6.45) is -0.261. The van der Waals surface area contributed by atoms with Crippen molar-refractivity contribution in [2.45, 2.75) is 26.4 Å². The molecule has 0 radical (unpaired) electrons. The summed E-state index contributed by atoms with van der Waals surface area (Å²) in [5, 5.41) is 4.80. The van der Waals surface area contributed by atoms with Gasteiger partial charge in [-0.1, -0.05) is 61.5 Å². The number of amides is 1. The quantitative estimate of drug-likeness (QED) is 0.507. The lowest BCUT2D eigenvalue weighted by atomic mass is 10.1. The summed E-state index contributed by atoms with van der Waals surface area (Å²) in [5.41, 5.74) is 1.38. The van der Waals surface area contributed by atoms with Crippen LogP contribution in [0.4, 0.5) is 5.69 Å². The number of hydrogen-bond donors (Lipinski definition) is 1. The van der Waals surface area contributed by atoms with Crippen LogP contribution in [0.5, 0.6) is 5.75 Å². The largest absolute Gasteiger partial charge is 0.480 e. The molecule has 0 aliphatic carbocycles. The molecule has 0 bridgehead atoms. The van der Waals surface area contributed by atoms with Gasteiger partial charge in [-0.25, -0.2) is 4.68 Å². The normalized spacial score (nSPS) is 12.0. The number of benzene rings is 3. The summed E-state index contributed by atoms with van der Waals surface area (Å²) in [6, 6.07) is 23.0. The highest BCUT2D eigenvalue weighted by Crippen LogP contribution is 2.27. The topological polar surface area (TPSA) is 65.3 Å². The van der Waals surface area contributed by atoms with E-state index in [4.69, 9.17) is 4.74 Å². The van der Waals surface area contributed by atoms with Crippen LogP contribution in [-0.2, 0) is 11.8 Å². The molecule has 1 amide bonds. The first-order chi connectivity index (χ1) is 15.0. The van der Waals surface area contributed by atoms with E-state index in [9.17, 15) is 9.59 Å². The molecule has 0 aliphatic rings. The molecule has 1 N–H and O–H groups in total. The van der Waals surface area contributed by atoms with Crippen LogP contribution in [0.1, 0.15) is 19.0 Å². The Morgan fingerprint density at radius 1 is 1.00 bits per heavy atom. The van der Waals surface area contributed by atoms with Crippen LogP contribution in [0.3, 0.4) is 0 Å². The van der Waals surface area contributed by atoms with Gasteiger partial charge in [0.1, 0.15) is 11.4 Å². The van der Waals surface area contributed by atoms with Crippen molar-refractivity contribution in [2.75, 3.05) is 5.32 Å². The van der Waals surface area contributed by atoms with Gasteiger partial charge in [-0.3, -0.25) is 14.3 Å². The molecule has 6 heteroatoms. The molecule has 1 heterocycles. The van der Waals surface area contributed by atoms with Gasteiger partial charge in [-0.2, -0.15) is 0 Å². The van der Waals surface area contributed by atoms with Gasteiger partial charge in [0, 0.05) is 12.4 Å². The third-order valence-corrected chi connectivity index (χ3v) is 5.48. The first-order valence-electron chi connectivity index (χ1n) is 10.3. The second-order valence-corrected chi connectivity index (χ2v) is 7.42. The maximum Gasteiger partial charge on any atom is 0.295 e. The Morgan fingerprint density at radius 2 is 1.68 bits per heavy atom. The summed E-state index contributed by atoms with van der Waals surface area (Å²) in [7, 11) is 1.79. The van der Waals surface area contributed by atoms with Gasteiger partial charge < -0.3 is 10.1 Å². The van der Waals surface area contributed by atoms with Crippen LogP contribution >= 0.6 is 0 Å². The maximum atomic E-state index is 13.1. The highest BCUT2D eigenvalue weighted by atomic mass is 16.5. The van der Waals surface area contributed by atoms with Crippen LogP contribution < -0.4 is 15.6 Å². The molecule has 4 aromatic rings. The number of carbonyl (C=O) groups is 1. The van der Waals surface area contributed by atoms with E-state index in [-0.39, 0.29) is 17.2 Å². The molecule has 0 aliphatic heterocycles. The van der Waals surface area contributed by atoms with Crippen LogP contribution in [0.15, 0.2) is 77.6 Å². The predicted molar refractivity (Wildman–Crippen MR) is 123 cm³/mol. The number of fused-ring (bicyclic) bond motifs is 1. The van der Waals surface area contributed by atoms with Crippen LogP contribution in [0.2, 0.25) is 0 Å². The molecule has 158 valence electrons. The van der Waals surface area contributed by atoms with Crippen LogP contribution in [0, 0.1) is 6.92 Å². The van der Waals surface area contributed by atoms with Crippen molar-refractivity contribution < 1.29 is 9.53 Å². The van der Waals surface area contributed by atoms with E-state index in [1.165, 1.54) is 4.68 Å². The number of carbonyl (C=O) groups excluding carboxylic acids is 1. The highest BCUT2D eigenvalue weighted by molar-refractivity contribution is 5.95. The van der Waals surface area contributed by atoms with Gasteiger partial charge in [-0.05, 0) is 36.9 Å². The van der Waals surface area contributed by atoms with E-state index in [1.54, 1.807) is 11.7 Å². The van der Waals surface area contributed by atoms with Crippen LogP contribution in [-0.4, -0.2) is 21.4 Å². The first-order valence-corrected chi connectivity index (χ1v) is 10.3. The lowest BCUT2D eigenvalue weighted by Gasteiger charge is -2.18. The molecule has 0 spiro atoms. The molecular weight excluding hydrogens is 390 g/mol. The lowest BCUT2D eigenvalue weighted by Crippen LogP contribution is -2.34. The number of rotatable bonds is 6. The summed E-state index contributed by atoms with van der Waals surface area (Å²) in [6.45, 7) is 3.69. The van der Waals surface area contributed by atoms with E-state index in [2.05, 4.69) is 5.32 Å². The van der Waals surface area contributed by atoms with E-state index in [1.807, 2.05) is 86.6 Å². The molecule has 0 unspecified atom stereocenters. The zero-order valence-electron chi connectivity index (χ0n) is 17.8. The lowest BCUT2D eigenvalue weighted by molar-refractivity contribution is -0.122. The van der Waals surface area contributed by atoms with Gasteiger partial charge in [0.25, 0.3) is 11.5 Å². The molecule has 0 saturated carbocycles. The van der Waals surface area contributed by atoms with E-state index < -0.39 is 6.10 Å². The van der Waals surface area contributed by atoms with Crippen molar-refractivity contribution in [3.8, 4) is 11.4 Å². The minimum atomic E-state index is -0.727. The second-order valence-electron chi connectivity index (χ2n) is 7.42. The summed E-state index contributed by atoms with van der Waals surface area (Å²) < 4.78 is 9.36. The summed E-state index contributed by atoms with van der Waals surface area (Å²) in [4.78, 5) is 26.1. The number of nitrogens with zero attached hydrogens (tertiary/aromatic N) is 2. The molecule has 4 rings (SSSR count). The molecular formula is C25H25N3O3. The Hall–Kier alpha value is -3.80. The number of aromatic nitrogens is 2. The Labute approximate surface area is 180 Å². The Bertz CT molecular complexity index is 1280. The Kier molecular flexibility index (Phi) is 5.62. The van der Waals surface area contributed by atoms with E-state index in [0.717, 1.165) is 16.5 Å². The summed E-state index contributed by atoms with van der Waals surface area (Å²) >= 11 is 0. The minimum Gasteiger partial charge on any atom is -0.480 e. The Morgan fingerprint density at radius 3 is 2.42 bits per heavy atom. The van der Waals surface area contributed by atoms with Crippen molar-refractivity contribution in [1.29, 1.82) is 0 Å². The Balaban J connectivity index is 1.62. The SMILES string of the molecule is CC[C@H](Oc1cccc2ccccc12)C(=O)Nc1c(C)n(C)n(-c2ccccc2)c1=O. The van der Waals surface area contributed by atoms with Crippen molar-refractivity contribution >= 4 is 22.4 Å². The van der Waals surface area contributed by atoms with E-state index >= 15 is 0 Å². The molecule has 6 nitrogen and oxygen atoms in total. The molecule has 1 aromatic heterocycles. The smallest absolute Gasteiger partial charge is 0.295 e. The third-order valence-electron chi connectivity index (χ3n) is 5.48. The second kappa shape index (κ2) is 8.52. The zero-order valence-corrected chi connectivity index (χ0v) is 17.8. The fourth-order valence-corrected chi connectivity index (χ4v) is 3.69. The van der Waals surface area contributed by atoms with Gasteiger partial charge >= 0.3 is 0 Å². The number of para-hydroxylation sites is 1. The van der Waals surface area contributed by atoms with Crippen molar-refractivity contribution in [2.24, 2.45) is 7.05 Å². The maximum absolute atomic E-state index is 13.1. The zero-order chi connectivity index (χ0) is 22.0. The number of ether oxygens (including phenoxy) is 1. The fraction of sp³-hybridized carbons (Fsp3) is 0.200. The number of hydrogen-bond acceptors (Lipinski definition) is 3. The van der Waals surface area contributed by atoms with Gasteiger partial charge in [0.2, 0.25) is 0 Å². The van der Waals surface area contributed by atoms with Crippen molar-refractivity contribution in [1.82, 2.24) is 9.36 Å². The number of nitrogens with one attached hydrogen (secondary N) is 1.